The molecule has 5 heteroatoms. The maximum Gasteiger partial charge on any atom is 0.335 e. The Labute approximate surface area is 112 Å². The first kappa shape index (κ1) is 15.2. The fraction of sp³-hybridized carbons (Fsp3) is 0.429. The van der Waals surface area contributed by atoms with Crippen LogP contribution in [0.15, 0.2) is 18.2 Å². The van der Waals surface area contributed by atoms with Crippen LogP contribution in [0.1, 0.15) is 42.1 Å². The molecule has 0 fully saturated rings. The second kappa shape index (κ2) is 6.89. The molecular weight excluding hydrogens is 244 g/mol. The quantitative estimate of drug-likeness (QED) is 0.734. The molecule has 19 heavy (non-hydrogen) atoms. The summed E-state index contributed by atoms with van der Waals surface area (Å²) in [5.74, 6) is -1.22. The number of amides is 1. The summed E-state index contributed by atoms with van der Waals surface area (Å²) in [5, 5.41) is 11.6. The van der Waals surface area contributed by atoms with E-state index in [1.165, 1.54) is 12.1 Å². The third-order valence-electron chi connectivity index (χ3n) is 2.94. The van der Waals surface area contributed by atoms with Crippen molar-refractivity contribution in [3.05, 3.63) is 29.3 Å². The minimum absolute atomic E-state index is 0.200. The smallest absolute Gasteiger partial charge is 0.335 e. The lowest BCUT2D eigenvalue weighted by Crippen LogP contribution is -2.35. The highest BCUT2D eigenvalue weighted by molar-refractivity contribution is 5.96. The molecule has 0 spiro atoms. The molecule has 1 aromatic carbocycles. The molecule has 1 rings (SSSR count). The summed E-state index contributed by atoms with van der Waals surface area (Å²) in [6.07, 6.45) is 2.55. The molecule has 104 valence electrons. The fourth-order valence-electron chi connectivity index (χ4n) is 1.72. The van der Waals surface area contributed by atoms with Crippen LogP contribution in [-0.2, 0) is 4.79 Å². The van der Waals surface area contributed by atoms with Gasteiger partial charge >= 0.3 is 5.97 Å². The Morgan fingerprint density at radius 3 is 2.63 bits per heavy atom. The molecule has 5 nitrogen and oxygen atoms in total. The lowest BCUT2D eigenvalue weighted by Gasteiger charge is -2.13. The van der Waals surface area contributed by atoms with E-state index < -0.39 is 12.0 Å². The summed E-state index contributed by atoms with van der Waals surface area (Å²) in [6.45, 7) is 3.79. The van der Waals surface area contributed by atoms with Crippen molar-refractivity contribution in [1.29, 1.82) is 0 Å². The van der Waals surface area contributed by atoms with Gasteiger partial charge in [-0.05, 0) is 37.1 Å². The number of hydrogen-bond donors (Lipinski definition) is 3. The molecule has 0 heterocycles. The van der Waals surface area contributed by atoms with Crippen LogP contribution in [-0.4, -0.2) is 23.0 Å². The summed E-state index contributed by atoms with van der Waals surface area (Å²) in [6, 6.07) is 4.04. The summed E-state index contributed by atoms with van der Waals surface area (Å²) >= 11 is 0. The molecule has 0 bridgehead atoms. The second-order valence-electron chi connectivity index (χ2n) is 4.57. The van der Waals surface area contributed by atoms with Gasteiger partial charge in [-0.3, -0.25) is 4.79 Å². The van der Waals surface area contributed by atoms with Crippen molar-refractivity contribution < 1.29 is 14.7 Å². The van der Waals surface area contributed by atoms with E-state index in [9.17, 15) is 9.59 Å². The molecule has 0 radical (unpaired) electrons. The molecule has 0 aliphatic carbocycles. The zero-order valence-electron chi connectivity index (χ0n) is 11.3. The van der Waals surface area contributed by atoms with Crippen molar-refractivity contribution in [2.75, 3.05) is 5.32 Å². The van der Waals surface area contributed by atoms with Gasteiger partial charge in [0.1, 0.15) is 0 Å². The van der Waals surface area contributed by atoms with Crippen molar-refractivity contribution in [3.63, 3.8) is 0 Å². The summed E-state index contributed by atoms with van der Waals surface area (Å²) in [7, 11) is 0. The monoisotopic (exact) mass is 264 g/mol. The van der Waals surface area contributed by atoms with Crippen LogP contribution in [0, 0.1) is 6.92 Å². The highest BCUT2D eigenvalue weighted by Crippen LogP contribution is 2.17. The van der Waals surface area contributed by atoms with Crippen LogP contribution < -0.4 is 11.1 Å². The Morgan fingerprint density at radius 2 is 2.11 bits per heavy atom. The van der Waals surface area contributed by atoms with Gasteiger partial charge in [0.05, 0.1) is 11.6 Å². The average molecular weight is 264 g/mol. The van der Waals surface area contributed by atoms with Crippen LogP contribution in [0.2, 0.25) is 0 Å². The first-order valence-corrected chi connectivity index (χ1v) is 6.36. The van der Waals surface area contributed by atoms with Crippen molar-refractivity contribution in [3.8, 4) is 0 Å². The number of nitrogens with one attached hydrogen (secondary N) is 1. The van der Waals surface area contributed by atoms with Crippen molar-refractivity contribution >= 4 is 17.6 Å². The Balaban J connectivity index is 2.72. The maximum absolute atomic E-state index is 11.8. The number of carboxylic acid groups (broad SMARTS) is 1. The Bertz CT molecular complexity index is 472. The minimum Gasteiger partial charge on any atom is -0.478 e. The predicted octanol–water partition coefficient (Wildman–Crippen LogP) is 2.15. The highest BCUT2D eigenvalue weighted by atomic mass is 16.4. The van der Waals surface area contributed by atoms with Crippen LogP contribution in [0.25, 0.3) is 0 Å². The van der Waals surface area contributed by atoms with Crippen LogP contribution in [0.4, 0.5) is 5.69 Å². The van der Waals surface area contributed by atoms with Crippen molar-refractivity contribution in [2.45, 2.75) is 39.2 Å². The summed E-state index contributed by atoms with van der Waals surface area (Å²) < 4.78 is 0. The topological polar surface area (TPSA) is 92.4 Å². The molecule has 0 aliphatic heterocycles. The number of hydrogen-bond acceptors (Lipinski definition) is 3. The Morgan fingerprint density at radius 1 is 1.42 bits per heavy atom. The SMILES string of the molecule is CCCC[C@H](N)C(=O)Nc1ccc(C(=O)O)cc1C. The largest absolute Gasteiger partial charge is 0.478 e. The van der Waals surface area contributed by atoms with Gasteiger partial charge in [-0.1, -0.05) is 19.8 Å². The third-order valence-corrected chi connectivity index (χ3v) is 2.94. The van der Waals surface area contributed by atoms with Gasteiger partial charge in [-0.15, -0.1) is 0 Å². The van der Waals surface area contributed by atoms with Gasteiger partial charge in [0.2, 0.25) is 5.91 Å². The molecule has 0 saturated heterocycles. The molecular formula is C14H20N2O3. The van der Waals surface area contributed by atoms with Gasteiger partial charge in [-0.2, -0.15) is 0 Å². The fourth-order valence-corrected chi connectivity index (χ4v) is 1.72. The number of aryl methyl sites for hydroxylation is 1. The van der Waals surface area contributed by atoms with Gasteiger partial charge in [0.25, 0.3) is 0 Å². The number of nitrogens with two attached hydrogens (primary N) is 1. The summed E-state index contributed by atoms with van der Waals surface area (Å²) in [5.41, 5.74) is 7.28. The summed E-state index contributed by atoms with van der Waals surface area (Å²) in [4.78, 5) is 22.6. The van der Waals surface area contributed by atoms with E-state index in [4.69, 9.17) is 10.8 Å². The van der Waals surface area contributed by atoms with Gasteiger partial charge in [-0.25, -0.2) is 4.79 Å². The lowest BCUT2D eigenvalue weighted by atomic mass is 10.1. The third kappa shape index (κ3) is 4.37. The van der Waals surface area contributed by atoms with Crippen LogP contribution >= 0.6 is 0 Å². The highest BCUT2D eigenvalue weighted by Gasteiger charge is 2.14. The van der Waals surface area contributed by atoms with E-state index in [2.05, 4.69) is 5.32 Å². The predicted molar refractivity (Wildman–Crippen MR) is 74.3 cm³/mol. The van der Waals surface area contributed by atoms with E-state index in [-0.39, 0.29) is 11.5 Å². The molecule has 0 saturated carbocycles. The van der Waals surface area contributed by atoms with Gasteiger partial charge in [0.15, 0.2) is 0 Å². The molecule has 0 aliphatic rings. The van der Waals surface area contributed by atoms with E-state index in [1.807, 2.05) is 6.92 Å². The second-order valence-corrected chi connectivity index (χ2v) is 4.57. The number of carboxylic acids is 1. The number of rotatable bonds is 6. The van der Waals surface area contributed by atoms with E-state index >= 15 is 0 Å². The van der Waals surface area contributed by atoms with Crippen LogP contribution in [0.5, 0.6) is 0 Å². The minimum atomic E-state index is -0.986. The van der Waals surface area contributed by atoms with Crippen molar-refractivity contribution in [2.24, 2.45) is 5.73 Å². The van der Waals surface area contributed by atoms with Crippen LogP contribution in [0.3, 0.4) is 0 Å². The Hall–Kier alpha value is -1.88. The lowest BCUT2D eigenvalue weighted by molar-refractivity contribution is -0.117. The zero-order chi connectivity index (χ0) is 14.4. The number of benzene rings is 1. The number of unbranched alkanes of at least 4 members (excludes halogenated alkanes) is 1. The maximum atomic E-state index is 11.8. The average Bonchev–Trinajstić information content (AvgIpc) is 2.37. The molecule has 0 unspecified atom stereocenters. The molecule has 4 N–H and O–H groups in total. The number of carbonyl (C=O) groups is 2. The van der Waals surface area contributed by atoms with E-state index in [0.717, 1.165) is 12.8 Å². The Kier molecular flexibility index (Phi) is 5.51. The molecule has 1 atom stereocenters. The number of aromatic carboxylic acids is 1. The first-order valence-electron chi connectivity index (χ1n) is 6.36. The van der Waals surface area contributed by atoms with E-state index in [1.54, 1.807) is 13.0 Å². The van der Waals surface area contributed by atoms with Gasteiger partial charge in [0, 0.05) is 5.69 Å². The normalized spacial score (nSPS) is 11.9. The standard InChI is InChI=1S/C14H20N2O3/c1-3-4-5-11(15)13(17)16-12-7-6-10(14(18)19)8-9(12)2/h6-8,11H,3-5,15H2,1-2H3,(H,16,17)(H,18,19)/t11-/m0/s1. The number of carbonyl (C=O) groups excluding carboxylic acids is 1. The first-order chi connectivity index (χ1) is 8.95. The molecule has 0 aromatic heterocycles. The van der Waals surface area contributed by atoms with E-state index in [0.29, 0.717) is 17.7 Å². The molecule has 1 amide bonds. The number of anilines is 1. The van der Waals surface area contributed by atoms with Gasteiger partial charge < -0.3 is 16.2 Å². The van der Waals surface area contributed by atoms with Crippen molar-refractivity contribution in [1.82, 2.24) is 0 Å². The zero-order valence-corrected chi connectivity index (χ0v) is 11.3. The molecule has 1 aromatic rings.